The van der Waals surface area contributed by atoms with Gasteiger partial charge in [0.1, 0.15) is 0 Å². The molecule has 0 unspecified atom stereocenters. The maximum Gasteiger partial charge on any atom is 0.258 e. The molecule has 2 aromatic carbocycles. The van der Waals surface area contributed by atoms with Gasteiger partial charge in [0.05, 0.1) is 5.69 Å². The van der Waals surface area contributed by atoms with Crippen molar-refractivity contribution >= 4 is 0 Å². The standard InChI is InChI=1S/C20H18N4O/c1-3-24-18(11-12-21-24)15-8-6-9-16(13-15)19-22-20(25-23-19)17-10-5-4-7-14(17)2/h4-13H,3H2,1-2H3. The first-order chi connectivity index (χ1) is 12.3. The largest absolute Gasteiger partial charge is 0.334 e. The van der Waals surface area contributed by atoms with E-state index in [1.54, 1.807) is 0 Å². The zero-order chi connectivity index (χ0) is 17.2. The lowest BCUT2D eigenvalue weighted by atomic mass is 10.1. The molecule has 5 nitrogen and oxygen atoms in total. The average molecular weight is 330 g/mol. The number of hydrogen-bond acceptors (Lipinski definition) is 4. The van der Waals surface area contributed by atoms with E-state index in [4.69, 9.17) is 4.52 Å². The molecule has 5 heteroatoms. The summed E-state index contributed by atoms with van der Waals surface area (Å²) in [6.45, 7) is 4.94. The van der Waals surface area contributed by atoms with Crippen LogP contribution in [0.15, 0.2) is 65.3 Å². The molecule has 0 spiro atoms. The van der Waals surface area contributed by atoms with Crippen LogP contribution in [0.25, 0.3) is 34.1 Å². The number of aromatic nitrogens is 4. The maximum atomic E-state index is 5.48. The van der Waals surface area contributed by atoms with Gasteiger partial charge >= 0.3 is 0 Å². The molecule has 0 aliphatic rings. The molecule has 25 heavy (non-hydrogen) atoms. The summed E-state index contributed by atoms with van der Waals surface area (Å²) in [7, 11) is 0. The Morgan fingerprint density at radius 1 is 1.00 bits per heavy atom. The van der Waals surface area contributed by atoms with E-state index in [0.717, 1.165) is 34.5 Å². The van der Waals surface area contributed by atoms with Crippen LogP contribution >= 0.6 is 0 Å². The Morgan fingerprint density at radius 3 is 2.68 bits per heavy atom. The molecule has 0 atom stereocenters. The first kappa shape index (κ1) is 15.3. The third-order valence-electron chi connectivity index (χ3n) is 4.23. The zero-order valence-corrected chi connectivity index (χ0v) is 14.2. The molecule has 0 amide bonds. The third kappa shape index (κ3) is 2.85. The molecule has 0 aliphatic carbocycles. The van der Waals surface area contributed by atoms with Crippen LogP contribution in [0.2, 0.25) is 0 Å². The van der Waals surface area contributed by atoms with Gasteiger partial charge in [0.15, 0.2) is 0 Å². The first-order valence-electron chi connectivity index (χ1n) is 8.28. The van der Waals surface area contributed by atoms with Crippen molar-refractivity contribution < 1.29 is 4.52 Å². The van der Waals surface area contributed by atoms with Crippen LogP contribution < -0.4 is 0 Å². The fraction of sp³-hybridized carbons (Fsp3) is 0.150. The lowest BCUT2D eigenvalue weighted by molar-refractivity contribution is 0.432. The lowest BCUT2D eigenvalue weighted by Gasteiger charge is -2.05. The number of hydrogen-bond donors (Lipinski definition) is 0. The Hall–Kier alpha value is -3.21. The highest BCUT2D eigenvalue weighted by atomic mass is 16.5. The Balaban J connectivity index is 1.72. The monoisotopic (exact) mass is 330 g/mol. The highest BCUT2D eigenvalue weighted by molar-refractivity contribution is 5.69. The molecule has 0 saturated carbocycles. The highest BCUT2D eigenvalue weighted by Crippen LogP contribution is 2.27. The average Bonchev–Trinajstić information content (AvgIpc) is 3.31. The van der Waals surface area contributed by atoms with Crippen LogP contribution in [0.3, 0.4) is 0 Å². The molecule has 0 aliphatic heterocycles. The Bertz CT molecular complexity index is 1020. The Morgan fingerprint density at radius 2 is 1.84 bits per heavy atom. The molecular weight excluding hydrogens is 312 g/mol. The molecular formula is C20H18N4O. The molecule has 4 aromatic rings. The molecule has 0 saturated heterocycles. The summed E-state index contributed by atoms with van der Waals surface area (Å²) >= 11 is 0. The minimum Gasteiger partial charge on any atom is -0.334 e. The third-order valence-corrected chi connectivity index (χ3v) is 4.23. The van der Waals surface area contributed by atoms with Crippen molar-refractivity contribution in [1.82, 2.24) is 19.9 Å². The molecule has 2 aromatic heterocycles. The van der Waals surface area contributed by atoms with Crippen LogP contribution in [0.1, 0.15) is 12.5 Å². The second kappa shape index (κ2) is 6.36. The summed E-state index contributed by atoms with van der Waals surface area (Å²) in [6.07, 6.45) is 1.82. The fourth-order valence-corrected chi connectivity index (χ4v) is 2.91. The molecule has 0 fully saturated rings. The van der Waals surface area contributed by atoms with E-state index in [0.29, 0.717) is 11.7 Å². The molecule has 4 rings (SSSR count). The number of benzene rings is 2. The maximum absolute atomic E-state index is 5.48. The van der Waals surface area contributed by atoms with E-state index in [2.05, 4.69) is 34.3 Å². The van der Waals surface area contributed by atoms with Crippen LogP contribution in [0.4, 0.5) is 0 Å². The van der Waals surface area contributed by atoms with Gasteiger partial charge in [0.25, 0.3) is 5.89 Å². The second-order valence-electron chi connectivity index (χ2n) is 5.85. The van der Waals surface area contributed by atoms with Crippen LogP contribution in [0.5, 0.6) is 0 Å². The second-order valence-corrected chi connectivity index (χ2v) is 5.85. The lowest BCUT2D eigenvalue weighted by Crippen LogP contribution is -1.98. The van der Waals surface area contributed by atoms with Gasteiger partial charge in [0, 0.05) is 29.4 Å². The smallest absolute Gasteiger partial charge is 0.258 e. The summed E-state index contributed by atoms with van der Waals surface area (Å²) in [4.78, 5) is 4.58. The predicted octanol–water partition coefficient (Wildman–Crippen LogP) is 4.60. The molecule has 0 radical (unpaired) electrons. The Kier molecular flexibility index (Phi) is 3.90. The van der Waals surface area contributed by atoms with E-state index >= 15 is 0 Å². The summed E-state index contributed by atoms with van der Waals surface area (Å²) in [6, 6.07) is 18.1. The summed E-state index contributed by atoms with van der Waals surface area (Å²) in [5.74, 6) is 1.12. The topological polar surface area (TPSA) is 56.7 Å². The number of aryl methyl sites for hydroxylation is 2. The summed E-state index contributed by atoms with van der Waals surface area (Å²) in [5.41, 5.74) is 5.15. The van der Waals surface area contributed by atoms with Gasteiger partial charge in [-0.15, -0.1) is 0 Å². The van der Waals surface area contributed by atoms with Gasteiger partial charge < -0.3 is 4.52 Å². The summed E-state index contributed by atoms with van der Waals surface area (Å²) in [5, 5.41) is 8.49. The predicted molar refractivity (Wildman–Crippen MR) is 96.8 cm³/mol. The van der Waals surface area contributed by atoms with Crippen LogP contribution in [-0.4, -0.2) is 19.9 Å². The number of rotatable bonds is 4. The van der Waals surface area contributed by atoms with E-state index in [1.165, 1.54) is 0 Å². The fourth-order valence-electron chi connectivity index (χ4n) is 2.91. The summed E-state index contributed by atoms with van der Waals surface area (Å²) < 4.78 is 7.45. The van der Waals surface area contributed by atoms with Crippen molar-refractivity contribution in [2.75, 3.05) is 0 Å². The molecule has 0 N–H and O–H groups in total. The van der Waals surface area contributed by atoms with E-state index in [-0.39, 0.29) is 0 Å². The molecule has 124 valence electrons. The van der Waals surface area contributed by atoms with Crippen molar-refractivity contribution in [3.05, 3.63) is 66.4 Å². The molecule has 0 bridgehead atoms. The van der Waals surface area contributed by atoms with Gasteiger partial charge in [-0.1, -0.05) is 41.6 Å². The van der Waals surface area contributed by atoms with E-state index < -0.39 is 0 Å². The number of nitrogens with zero attached hydrogens (tertiary/aromatic N) is 4. The minimum absolute atomic E-state index is 0.539. The highest BCUT2D eigenvalue weighted by Gasteiger charge is 2.13. The quantitative estimate of drug-likeness (QED) is 0.549. The van der Waals surface area contributed by atoms with Crippen LogP contribution in [-0.2, 0) is 6.54 Å². The van der Waals surface area contributed by atoms with Crippen molar-refractivity contribution in [3.8, 4) is 34.1 Å². The van der Waals surface area contributed by atoms with Crippen molar-refractivity contribution in [2.24, 2.45) is 0 Å². The van der Waals surface area contributed by atoms with E-state index in [9.17, 15) is 0 Å². The van der Waals surface area contributed by atoms with Crippen LogP contribution in [0, 0.1) is 6.92 Å². The van der Waals surface area contributed by atoms with Gasteiger partial charge in [-0.2, -0.15) is 10.1 Å². The zero-order valence-electron chi connectivity index (χ0n) is 14.2. The SMILES string of the molecule is CCn1nccc1-c1cccc(-c2noc(-c3ccccc3C)n2)c1. The molecule has 2 heterocycles. The van der Waals surface area contributed by atoms with Gasteiger partial charge in [-0.05, 0) is 37.6 Å². The van der Waals surface area contributed by atoms with Crippen molar-refractivity contribution in [2.45, 2.75) is 20.4 Å². The van der Waals surface area contributed by atoms with Crippen molar-refractivity contribution in [1.29, 1.82) is 0 Å². The van der Waals surface area contributed by atoms with Crippen molar-refractivity contribution in [3.63, 3.8) is 0 Å². The van der Waals surface area contributed by atoms with E-state index in [1.807, 2.05) is 60.3 Å². The minimum atomic E-state index is 0.539. The van der Waals surface area contributed by atoms with Gasteiger partial charge in [-0.3, -0.25) is 4.68 Å². The normalized spacial score (nSPS) is 11.0. The van der Waals surface area contributed by atoms with Gasteiger partial charge in [-0.25, -0.2) is 0 Å². The Labute approximate surface area is 145 Å². The van der Waals surface area contributed by atoms with Gasteiger partial charge in [0.2, 0.25) is 5.82 Å². The first-order valence-corrected chi connectivity index (χ1v) is 8.28.